The van der Waals surface area contributed by atoms with Gasteiger partial charge in [-0.05, 0) is 45.9 Å². The van der Waals surface area contributed by atoms with Gasteiger partial charge in [-0.15, -0.1) is 0 Å². The minimum atomic E-state index is -0.332. The SMILES string of the molecule is Cc1nn(C(C)(C)C)c(=O)n1CCOc1cccc(Cl)c1. The number of aromatic nitrogens is 3. The molecule has 2 aromatic rings. The van der Waals surface area contributed by atoms with Crippen LogP contribution in [-0.2, 0) is 12.1 Å². The number of halogens is 1. The van der Waals surface area contributed by atoms with Crippen LogP contribution in [0.4, 0.5) is 0 Å². The number of benzene rings is 1. The standard InChI is InChI=1S/C15H20ClN3O2/c1-11-17-19(15(2,3)4)14(20)18(11)8-9-21-13-7-5-6-12(16)10-13/h5-7,10H,8-9H2,1-4H3. The maximum absolute atomic E-state index is 12.3. The van der Waals surface area contributed by atoms with Crippen molar-refractivity contribution in [3.05, 3.63) is 45.6 Å². The molecule has 2 rings (SSSR count). The summed E-state index contributed by atoms with van der Waals surface area (Å²) >= 11 is 5.90. The molecule has 0 amide bonds. The fraction of sp³-hybridized carbons (Fsp3) is 0.467. The van der Waals surface area contributed by atoms with Gasteiger partial charge in [0.25, 0.3) is 0 Å². The summed E-state index contributed by atoms with van der Waals surface area (Å²) in [5, 5.41) is 4.94. The van der Waals surface area contributed by atoms with Crippen molar-refractivity contribution in [2.75, 3.05) is 6.61 Å². The van der Waals surface area contributed by atoms with Crippen molar-refractivity contribution >= 4 is 11.6 Å². The second kappa shape index (κ2) is 5.93. The molecule has 0 spiro atoms. The Balaban J connectivity index is 2.08. The van der Waals surface area contributed by atoms with Crippen molar-refractivity contribution in [1.29, 1.82) is 0 Å². The number of hydrogen-bond acceptors (Lipinski definition) is 3. The summed E-state index contributed by atoms with van der Waals surface area (Å²) in [5.41, 5.74) is -0.448. The minimum absolute atomic E-state index is 0.116. The first-order chi connectivity index (χ1) is 9.79. The fourth-order valence-corrected chi connectivity index (χ4v) is 2.18. The van der Waals surface area contributed by atoms with E-state index >= 15 is 0 Å². The molecule has 0 aliphatic carbocycles. The van der Waals surface area contributed by atoms with Crippen LogP contribution in [0.1, 0.15) is 26.6 Å². The molecule has 0 bridgehead atoms. The maximum atomic E-state index is 12.3. The molecule has 1 aromatic heterocycles. The van der Waals surface area contributed by atoms with E-state index in [1.807, 2.05) is 39.8 Å². The van der Waals surface area contributed by atoms with E-state index in [4.69, 9.17) is 16.3 Å². The van der Waals surface area contributed by atoms with Gasteiger partial charge in [-0.2, -0.15) is 5.10 Å². The van der Waals surface area contributed by atoms with E-state index in [2.05, 4.69) is 5.10 Å². The Morgan fingerprint density at radius 2 is 2.05 bits per heavy atom. The molecule has 0 fully saturated rings. The van der Waals surface area contributed by atoms with Gasteiger partial charge in [-0.25, -0.2) is 9.48 Å². The lowest BCUT2D eigenvalue weighted by Crippen LogP contribution is -2.36. The molecule has 1 aromatic carbocycles. The van der Waals surface area contributed by atoms with Crippen LogP contribution in [0.5, 0.6) is 5.75 Å². The third-order valence-electron chi connectivity index (χ3n) is 3.06. The van der Waals surface area contributed by atoms with Crippen LogP contribution in [0, 0.1) is 6.92 Å². The van der Waals surface area contributed by atoms with Crippen molar-refractivity contribution in [2.24, 2.45) is 0 Å². The van der Waals surface area contributed by atoms with Gasteiger partial charge >= 0.3 is 5.69 Å². The third kappa shape index (κ3) is 3.67. The van der Waals surface area contributed by atoms with Gasteiger partial charge < -0.3 is 4.74 Å². The van der Waals surface area contributed by atoms with Crippen molar-refractivity contribution in [3.63, 3.8) is 0 Å². The van der Waals surface area contributed by atoms with Gasteiger partial charge in [0, 0.05) is 5.02 Å². The third-order valence-corrected chi connectivity index (χ3v) is 3.30. The van der Waals surface area contributed by atoms with Gasteiger partial charge in [0.15, 0.2) is 0 Å². The first-order valence-electron chi connectivity index (χ1n) is 6.84. The number of hydrogen-bond donors (Lipinski definition) is 0. The monoisotopic (exact) mass is 309 g/mol. The molecule has 0 atom stereocenters. The maximum Gasteiger partial charge on any atom is 0.346 e. The zero-order valence-corrected chi connectivity index (χ0v) is 13.5. The van der Waals surface area contributed by atoms with E-state index in [0.717, 1.165) is 0 Å². The highest BCUT2D eigenvalue weighted by molar-refractivity contribution is 6.30. The molecule has 21 heavy (non-hydrogen) atoms. The Hall–Kier alpha value is -1.75. The fourth-order valence-electron chi connectivity index (χ4n) is 2.00. The molecule has 6 heteroatoms. The van der Waals surface area contributed by atoms with Crippen LogP contribution < -0.4 is 10.4 Å². The zero-order chi connectivity index (χ0) is 15.6. The van der Waals surface area contributed by atoms with Gasteiger partial charge in [0.2, 0.25) is 0 Å². The van der Waals surface area contributed by atoms with E-state index in [0.29, 0.717) is 29.7 Å². The second-order valence-corrected chi connectivity index (χ2v) is 6.31. The second-order valence-electron chi connectivity index (χ2n) is 5.87. The lowest BCUT2D eigenvalue weighted by atomic mass is 10.1. The van der Waals surface area contributed by atoms with Crippen LogP contribution in [0.2, 0.25) is 5.02 Å². The molecule has 5 nitrogen and oxygen atoms in total. The average molecular weight is 310 g/mol. The average Bonchev–Trinajstić information content (AvgIpc) is 2.66. The number of ether oxygens (including phenoxy) is 1. The first-order valence-corrected chi connectivity index (χ1v) is 7.22. The highest BCUT2D eigenvalue weighted by Gasteiger charge is 2.20. The Morgan fingerprint density at radius 1 is 1.33 bits per heavy atom. The van der Waals surface area contributed by atoms with Gasteiger partial charge in [0.1, 0.15) is 18.2 Å². The summed E-state index contributed by atoms with van der Waals surface area (Å²) in [5.74, 6) is 1.38. The van der Waals surface area contributed by atoms with Crippen molar-refractivity contribution in [3.8, 4) is 5.75 Å². The van der Waals surface area contributed by atoms with Crippen LogP contribution in [0.25, 0.3) is 0 Å². The summed E-state index contributed by atoms with van der Waals surface area (Å²) in [6.45, 7) is 8.52. The Kier molecular flexibility index (Phi) is 4.42. The summed E-state index contributed by atoms with van der Waals surface area (Å²) in [6.07, 6.45) is 0. The molecule has 0 radical (unpaired) electrons. The van der Waals surface area contributed by atoms with Crippen molar-refractivity contribution in [1.82, 2.24) is 14.3 Å². The lowest BCUT2D eigenvalue weighted by Gasteiger charge is -2.16. The van der Waals surface area contributed by atoms with Crippen molar-refractivity contribution in [2.45, 2.75) is 39.8 Å². The van der Waals surface area contributed by atoms with Crippen molar-refractivity contribution < 1.29 is 4.74 Å². The van der Waals surface area contributed by atoms with E-state index in [1.54, 1.807) is 16.7 Å². The molecule has 0 saturated heterocycles. The molecule has 0 N–H and O–H groups in total. The number of nitrogens with zero attached hydrogens (tertiary/aromatic N) is 3. The van der Waals surface area contributed by atoms with Gasteiger partial charge in [-0.1, -0.05) is 17.7 Å². The predicted octanol–water partition coefficient (Wildman–Crippen LogP) is 2.84. The van der Waals surface area contributed by atoms with Crippen LogP contribution in [-0.4, -0.2) is 21.0 Å². The quantitative estimate of drug-likeness (QED) is 0.872. The molecule has 1 heterocycles. The number of aryl methyl sites for hydroxylation is 1. The van der Waals surface area contributed by atoms with Crippen LogP contribution in [0.15, 0.2) is 29.1 Å². The number of rotatable bonds is 4. The lowest BCUT2D eigenvalue weighted by molar-refractivity contribution is 0.291. The van der Waals surface area contributed by atoms with Crippen LogP contribution >= 0.6 is 11.6 Å². The highest BCUT2D eigenvalue weighted by Crippen LogP contribution is 2.17. The van der Waals surface area contributed by atoms with E-state index in [1.165, 1.54) is 4.68 Å². The Bertz CT molecular complexity index is 683. The summed E-state index contributed by atoms with van der Waals surface area (Å²) in [7, 11) is 0. The van der Waals surface area contributed by atoms with Gasteiger partial charge in [0.05, 0.1) is 12.1 Å². The molecular formula is C15H20ClN3O2. The van der Waals surface area contributed by atoms with Crippen LogP contribution in [0.3, 0.4) is 0 Å². The van der Waals surface area contributed by atoms with E-state index < -0.39 is 0 Å². The topological polar surface area (TPSA) is 49.0 Å². The largest absolute Gasteiger partial charge is 0.492 e. The Labute approximate surface area is 129 Å². The zero-order valence-electron chi connectivity index (χ0n) is 12.8. The highest BCUT2D eigenvalue weighted by atomic mass is 35.5. The molecule has 0 aliphatic rings. The molecule has 0 saturated carbocycles. The molecule has 0 unspecified atom stereocenters. The first kappa shape index (κ1) is 15.6. The Morgan fingerprint density at radius 3 is 2.62 bits per heavy atom. The smallest absolute Gasteiger partial charge is 0.346 e. The predicted molar refractivity (Wildman–Crippen MR) is 83.2 cm³/mol. The summed E-state index contributed by atoms with van der Waals surface area (Å²) < 4.78 is 8.74. The normalized spacial score (nSPS) is 11.7. The summed E-state index contributed by atoms with van der Waals surface area (Å²) in [6, 6.07) is 7.19. The molecular weight excluding hydrogens is 290 g/mol. The molecule has 0 aliphatic heterocycles. The summed E-state index contributed by atoms with van der Waals surface area (Å²) in [4.78, 5) is 12.3. The minimum Gasteiger partial charge on any atom is -0.492 e. The van der Waals surface area contributed by atoms with E-state index in [-0.39, 0.29) is 11.2 Å². The van der Waals surface area contributed by atoms with Gasteiger partial charge in [-0.3, -0.25) is 4.57 Å². The van der Waals surface area contributed by atoms with E-state index in [9.17, 15) is 4.79 Å². The molecule has 114 valence electrons.